The lowest BCUT2D eigenvalue weighted by Gasteiger charge is -2.40. The average molecular weight is 264 g/mol. The van der Waals surface area contributed by atoms with E-state index in [-0.39, 0.29) is 34.7 Å². The Balaban J connectivity index is 2.16. The van der Waals surface area contributed by atoms with Gasteiger partial charge >= 0.3 is 5.97 Å². The number of aliphatic carboxylic acids is 1. The minimum atomic E-state index is -0.912. The van der Waals surface area contributed by atoms with E-state index in [4.69, 9.17) is 0 Å². The number of hydrogen-bond acceptors (Lipinski definition) is 3. The van der Waals surface area contributed by atoms with Crippen LogP contribution in [0.25, 0.3) is 0 Å². The lowest BCUT2D eigenvalue weighted by molar-refractivity contribution is -0.152. The fraction of sp³-hybridized carbons (Fsp3) is 0.800. The van der Waals surface area contributed by atoms with Gasteiger partial charge in [0.2, 0.25) is 0 Å². The summed E-state index contributed by atoms with van der Waals surface area (Å²) in [6.45, 7) is 5.57. The molecule has 3 fully saturated rings. The van der Waals surface area contributed by atoms with E-state index in [0.29, 0.717) is 12.8 Å². The number of ketones is 2. The van der Waals surface area contributed by atoms with Crippen LogP contribution < -0.4 is 0 Å². The van der Waals surface area contributed by atoms with Crippen molar-refractivity contribution in [3.05, 3.63) is 0 Å². The summed E-state index contributed by atoms with van der Waals surface area (Å²) in [7, 11) is 0. The molecular weight excluding hydrogens is 244 g/mol. The highest BCUT2D eigenvalue weighted by atomic mass is 16.4. The van der Waals surface area contributed by atoms with E-state index in [0.717, 1.165) is 6.42 Å². The third-order valence-corrected chi connectivity index (χ3v) is 6.50. The van der Waals surface area contributed by atoms with E-state index in [1.54, 1.807) is 6.92 Å². The van der Waals surface area contributed by atoms with Crippen molar-refractivity contribution >= 4 is 17.5 Å². The summed E-state index contributed by atoms with van der Waals surface area (Å²) in [6, 6.07) is 0. The van der Waals surface area contributed by atoms with Gasteiger partial charge in [-0.15, -0.1) is 0 Å². The molecule has 19 heavy (non-hydrogen) atoms. The summed E-state index contributed by atoms with van der Waals surface area (Å²) in [6.07, 6.45) is 1.90. The van der Waals surface area contributed by atoms with E-state index in [9.17, 15) is 19.5 Å². The number of Topliss-reactive ketones (excluding diaryl/α,β-unsaturated/α-hetero) is 2. The molecule has 0 amide bonds. The first kappa shape index (κ1) is 12.8. The molecule has 6 atom stereocenters. The number of carbonyl (C=O) groups is 3. The molecule has 4 bridgehead atoms. The fourth-order valence-electron chi connectivity index (χ4n) is 5.41. The van der Waals surface area contributed by atoms with Crippen LogP contribution in [-0.4, -0.2) is 22.6 Å². The molecule has 4 heteroatoms. The van der Waals surface area contributed by atoms with Gasteiger partial charge in [-0.05, 0) is 24.2 Å². The quantitative estimate of drug-likeness (QED) is 0.827. The van der Waals surface area contributed by atoms with Crippen LogP contribution in [-0.2, 0) is 14.4 Å². The molecule has 0 aromatic heterocycles. The van der Waals surface area contributed by atoms with Crippen LogP contribution in [0.5, 0.6) is 0 Å². The monoisotopic (exact) mass is 264 g/mol. The van der Waals surface area contributed by atoms with Gasteiger partial charge in [0.05, 0.1) is 5.92 Å². The van der Waals surface area contributed by atoms with Gasteiger partial charge in [-0.3, -0.25) is 14.4 Å². The van der Waals surface area contributed by atoms with Crippen molar-refractivity contribution in [2.24, 2.45) is 34.5 Å². The van der Waals surface area contributed by atoms with E-state index in [2.05, 4.69) is 6.92 Å². The molecule has 3 aliphatic carbocycles. The zero-order valence-corrected chi connectivity index (χ0v) is 11.6. The summed E-state index contributed by atoms with van der Waals surface area (Å²) in [4.78, 5) is 36.4. The molecule has 0 saturated heterocycles. The number of hydrogen-bond donors (Lipinski definition) is 1. The normalized spacial score (nSPS) is 49.5. The minimum Gasteiger partial charge on any atom is -0.481 e. The first-order valence-corrected chi connectivity index (χ1v) is 7.06. The Hall–Kier alpha value is -1.19. The second-order valence-corrected chi connectivity index (χ2v) is 6.96. The summed E-state index contributed by atoms with van der Waals surface area (Å²) in [5, 5.41) is 9.37. The maximum absolute atomic E-state index is 12.9. The summed E-state index contributed by atoms with van der Waals surface area (Å²) in [5.41, 5.74) is -0.945. The third-order valence-electron chi connectivity index (χ3n) is 6.50. The van der Waals surface area contributed by atoms with E-state index in [1.807, 2.05) is 6.92 Å². The maximum Gasteiger partial charge on any atom is 0.307 e. The van der Waals surface area contributed by atoms with Crippen molar-refractivity contribution in [3.63, 3.8) is 0 Å². The molecule has 0 aromatic rings. The van der Waals surface area contributed by atoms with Crippen LogP contribution in [0.15, 0.2) is 0 Å². The van der Waals surface area contributed by atoms with Crippen LogP contribution >= 0.6 is 0 Å². The molecule has 3 aliphatic rings. The van der Waals surface area contributed by atoms with Crippen molar-refractivity contribution in [2.75, 3.05) is 0 Å². The molecule has 104 valence electrons. The predicted octanol–water partition coefficient (Wildman–Crippen LogP) is 1.92. The van der Waals surface area contributed by atoms with E-state index >= 15 is 0 Å². The maximum atomic E-state index is 12.9. The number of carboxylic acid groups (broad SMARTS) is 1. The van der Waals surface area contributed by atoms with Gasteiger partial charge in [0.15, 0.2) is 0 Å². The average Bonchev–Trinajstić information content (AvgIpc) is 2.69. The summed E-state index contributed by atoms with van der Waals surface area (Å²) < 4.78 is 0. The van der Waals surface area contributed by atoms with Gasteiger partial charge < -0.3 is 5.11 Å². The van der Waals surface area contributed by atoms with Gasteiger partial charge in [0.25, 0.3) is 0 Å². The molecule has 0 aromatic carbocycles. The Morgan fingerprint density at radius 2 is 2.00 bits per heavy atom. The molecular formula is C15H20O4. The SMILES string of the molecule is C[C@@H]1C(=O)C[C@H]2[C@]3(C)CC[C@@]2([C@H](C)C(=O)O)C(=O)[C@H]13. The second-order valence-electron chi connectivity index (χ2n) is 6.96. The van der Waals surface area contributed by atoms with Crippen LogP contribution in [0.1, 0.15) is 40.0 Å². The minimum absolute atomic E-state index is 0.0551. The Morgan fingerprint density at radius 1 is 1.37 bits per heavy atom. The van der Waals surface area contributed by atoms with Crippen molar-refractivity contribution in [1.82, 2.24) is 0 Å². The van der Waals surface area contributed by atoms with Gasteiger partial charge in [0, 0.05) is 23.7 Å². The van der Waals surface area contributed by atoms with E-state index in [1.165, 1.54) is 0 Å². The largest absolute Gasteiger partial charge is 0.481 e. The molecule has 0 aliphatic heterocycles. The molecule has 0 heterocycles. The fourth-order valence-corrected chi connectivity index (χ4v) is 5.41. The van der Waals surface area contributed by atoms with Crippen LogP contribution in [0.4, 0.5) is 0 Å². The molecule has 1 N–H and O–H groups in total. The van der Waals surface area contributed by atoms with Gasteiger partial charge in [0.1, 0.15) is 11.6 Å². The topological polar surface area (TPSA) is 71.4 Å². The number of rotatable bonds is 2. The number of carbonyl (C=O) groups excluding carboxylic acids is 2. The smallest absolute Gasteiger partial charge is 0.307 e. The van der Waals surface area contributed by atoms with Crippen molar-refractivity contribution in [3.8, 4) is 0 Å². The Morgan fingerprint density at radius 3 is 2.58 bits per heavy atom. The standard InChI is InChI=1S/C15H20O4/c1-7-9(16)6-10-14(3)4-5-15(10,8(2)13(18)19)12(17)11(7)14/h7-8,10-11H,4-6H2,1-3H3,(H,18,19)/t7-,8-,10+,11+,14+,15+/m1/s1. The lowest BCUT2D eigenvalue weighted by Crippen LogP contribution is -2.43. The highest BCUT2D eigenvalue weighted by Crippen LogP contribution is 2.72. The summed E-state index contributed by atoms with van der Waals surface area (Å²) >= 11 is 0. The molecule has 3 rings (SSSR count). The molecule has 4 nitrogen and oxygen atoms in total. The zero-order chi connectivity index (χ0) is 14.2. The highest BCUT2D eigenvalue weighted by molar-refractivity contribution is 6.02. The van der Waals surface area contributed by atoms with Crippen LogP contribution in [0, 0.1) is 34.5 Å². The van der Waals surface area contributed by atoms with Gasteiger partial charge in [-0.2, -0.15) is 0 Å². The van der Waals surface area contributed by atoms with Gasteiger partial charge in [-0.1, -0.05) is 20.8 Å². The van der Waals surface area contributed by atoms with Crippen molar-refractivity contribution in [2.45, 2.75) is 40.0 Å². The summed E-state index contributed by atoms with van der Waals surface area (Å²) in [5.74, 6) is -1.96. The predicted molar refractivity (Wildman–Crippen MR) is 67.3 cm³/mol. The molecule has 0 radical (unpaired) electrons. The molecule has 0 unspecified atom stereocenters. The first-order chi connectivity index (χ1) is 8.76. The Labute approximate surface area is 112 Å². The van der Waals surface area contributed by atoms with Crippen molar-refractivity contribution < 1.29 is 19.5 Å². The third kappa shape index (κ3) is 1.18. The Bertz CT molecular complexity index is 496. The van der Waals surface area contributed by atoms with Crippen LogP contribution in [0.3, 0.4) is 0 Å². The lowest BCUT2D eigenvalue weighted by atomic mass is 9.62. The first-order valence-electron chi connectivity index (χ1n) is 7.06. The second kappa shape index (κ2) is 3.47. The van der Waals surface area contributed by atoms with Crippen LogP contribution in [0.2, 0.25) is 0 Å². The van der Waals surface area contributed by atoms with Gasteiger partial charge in [-0.25, -0.2) is 0 Å². The Kier molecular flexibility index (Phi) is 2.34. The van der Waals surface area contributed by atoms with Crippen molar-refractivity contribution in [1.29, 1.82) is 0 Å². The van der Waals surface area contributed by atoms with E-state index < -0.39 is 17.3 Å². The molecule has 3 saturated carbocycles. The molecule has 0 spiro atoms. The zero-order valence-electron chi connectivity index (χ0n) is 11.6. The number of carboxylic acids is 1. The highest BCUT2D eigenvalue weighted by Gasteiger charge is 2.75.